The van der Waals surface area contributed by atoms with E-state index in [1.165, 1.54) is 5.69 Å². The maximum Gasteiger partial charge on any atom is 0.0948 e. The van der Waals surface area contributed by atoms with Crippen LogP contribution in [0.15, 0.2) is 12.5 Å². The molecule has 1 atom stereocenters. The Kier molecular flexibility index (Phi) is 5.79. The smallest absolute Gasteiger partial charge is 0.0948 e. The molecular formula is C11H20N2OS. The summed E-state index contributed by atoms with van der Waals surface area (Å²) in [6, 6.07) is 0. The van der Waals surface area contributed by atoms with E-state index in [1.54, 1.807) is 0 Å². The summed E-state index contributed by atoms with van der Waals surface area (Å²) in [7, 11) is 0. The van der Waals surface area contributed by atoms with Crippen LogP contribution in [0.3, 0.4) is 0 Å². The fourth-order valence-electron chi connectivity index (χ4n) is 1.33. The molecule has 0 radical (unpaired) electrons. The molecule has 1 aromatic rings. The van der Waals surface area contributed by atoms with Crippen molar-refractivity contribution in [3.05, 3.63) is 18.2 Å². The first kappa shape index (κ1) is 12.6. The van der Waals surface area contributed by atoms with Crippen LogP contribution in [0.4, 0.5) is 0 Å². The molecule has 0 bridgehead atoms. The van der Waals surface area contributed by atoms with E-state index in [-0.39, 0.29) is 6.61 Å². The molecule has 0 saturated heterocycles. The highest BCUT2D eigenvalue weighted by atomic mass is 32.2. The molecule has 1 heterocycles. The normalized spacial score (nSPS) is 13.0. The van der Waals surface area contributed by atoms with E-state index >= 15 is 0 Å². The Labute approximate surface area is 95.9 Å². The number of aryl methyl sites for hydroxylation is 1. The summed E-state index contributed by atoms with van der Waals surface area (Å²) in [4.78, 5) is 4.16. The van der Waals surface area contributed by atoms with Crippen LogP contribution in [0.1, 0.15) is 26.0 Å². The van der Waals surface area contributed by atoms with Crippen molar-refractivity contribution in [3.63, 3.8) is 0 Å². The molecule has 3 nitrogen and oxygen atoms in total. The average molecular weight is 228 g/mol. The number of aromatic nitrogens is 2. The topological polar surface area (TPSA) is 38.0 Å². The minimum Gasteiger partial charge on any atom is -0.396 e. The van der Waals surface area contributed by atoms with Crippen LogP contribution < -0.4 is 0 Å². The molecule has 1 aromatic heterocycles. The molecule has 1 N–H and O–H groups in total. The lowest BCUT2D eigenvalue weighted by Crippen LogP contribution is -2.05. The molecule has 15 heavy (non-hydrogen) atoms. The minimum absolute atomic E-state index is 0.279. The van der Waals surface area contributed by atoms with Crippen LogP contribution in [0.5, 0.6) is 0 Å². The fraction of sp³-hybridized carbons (Fsp3) is 0.727. The summed E-state index contributed by atoms with van der Waals surface area (Å²) in [5.74, 6) is 2.38. The number of hydrogen-bond donors (Lipinski definition) is 1. The van der Waals surface area contributed by atoms with Gasteiger partial charge in [0.05, 0.1) is 6.33 Å². The fourth-order valence-corrected chi connectivity index (χ4v) is 2.40. The minimum atomic E-state index is 0.279. The number of nitrogens with zero attached hydrogens (tertiary/aromatic N) is 2. The van der Waals surface area contributed by atoms with Gasteiger partial charge in [0.25, 0.3) is 0 Å². The standard InChI is InChI=1S/C11H20N2OS/c1-3-4-13-9-12-5-11(13)8-15-7-10(2)6-14/h5,9-10,14H,3-4,6-8H2,1-2H3. The predicted octanol–water partition coefficient (Wildman–Crippen LogP) is 2.15. The lowest BCUT2D eigenvalue weighted by Gasteiger charge is -2.08. The van der Waals surface area contributed by atoms with Crippen molar-refractivity contribution in [2.75, 3.05) is 12.4 Å². The van der Waals surface area contributed by atoms with Gasteiger partial charge in [-0.3, -0.25) is 0 Å². The van der Waals surface area contributed by atoms with Gasteiger partial charge in [-0.25, -0.2) is 4.98 Å². The first-order chi connectivity index (χ1) is 7.27. The average Bonchev–Trinajstić information content (AvgIpc) is 2.66. The van der Waals surface area contributed by atoms with Gasteiger partial charge in [0.2, 0.25) is 0 Å². The molecule has 0 aliphatic rings. The lowest BCUT2D eigenvalue weighted by atomic mass is 10.2. The van der Waals surface area contributed by atoms with Crippen LogP contribution in [-0.2, 0) is 12.3 Å². The van der Waals surface area contributed by atoms with Gasteiger partial charge in [0, 0.05) is 30.8 Å². The number of rotatable bonds is 7. The van der Waals surface area contributed by atoms with Crippen LogP contribution in [0.25, 0.3) is 0 Å². The van der Waals surface area contributed by atoms with E-state index in [0.29, 0.717) is 5.92 Å². The second kappa shape index (κ2) is 6.90. The molecule has 0 saturated carbocycles. The quantitative estimate of drug-likeness (QED) is 0.777. The van der Waals surface area contributed by atoms with Gasteiger partial charge in [-0.05, 0) is 18.1 Å². The number of aliphatic hydroxyl groups excluding tert-OH is 1. The summed E-state index contributed by atoms with van der Waals surface area (Å²) in [6.07, 6.45) is 4.97. The summed E-state index contributed by atoms with van der Waals surface area (Å²) in [5, 5.41) is 8.90. The molecule has 0 aromatic carbocycles. The highest BCUT2D eigenvalue weighted by Crippen LogP contribution is 2.15. The van der Waals surface area contributed by atoms with Crippen LogP contribution in [0, 0.1) is 5.92 Å². The highest BCUT2D eigenvalue weighted by molar-refractivity contribution is 7.98. The van der Waals surface area contributed by atoms with E-state index < -0.39 is 0 Å². The van der Waals surface area contributed by atoms with Crippen molar-refractivity contribution in [1.82, 2.24) is 9.55 Å². The van der Waals surface area contributed by atoms with E-state index in [0.717, 1.165) is 24.5 Å². The monoisotopic (exact) mass is 228 g/mol. The second-order valence-corrected chi connectivity index (χ2v) is 4.91. The zero-order valence-electron chi connectivity index (χ0n) is 9.52. The molecule has 86 valence electrons. The Hall–Kier alpha value is -0.480. The molecule has 1 rings (SSSR count). The van der Waals surface area contributed by atoms with E-state index in [4.69, 9.17) is 5.11 Å². The first-order valence-corrected chi connectivity index (χ1v) is 6.61. The van der Waals surface area contributed by atoms with Crippen molar-refractivity contribution in [2.24, 2.45) is 5.92 Å². The zero-order chi connectivity index (χ0) is 11.1. The molecule has 0 aliphatic carbocycles. The van der Waals surface area contributed by atoms with Crippen LogP contribution in [0.2, 0.25) is 0 Å². The molecule has 1 unspecified atom stereocenters. The highest BCUT2D eigenvalue weighted by Gasteiger charge is 2.03. The molecule has 0 amide bonds. The Morgan fingerprint density at radius 3 is 3.07 bits per heavy atom. The van der Waals surface area contributed by atoms with Gasteiger partial charge in [-0.15, -0.1) is 0 Å². The molecular weight excluding hydrogens is 208 g/mol. The van der Waals surface area contributed by atoms with Crippen molar-refractivity contribution < 1.29 is 5.11 Å². The van der Waals surface area contributed by atoms with Gasteiger partial charge < -0.3 is 9.67 Å². The summed E-state index contributed by atoms with van der Waals surface area (Å²) >= 11 is 1.86. The third-order valence-corrected chi connectivity index (χ3v) is 3.53. The lowest BCUT2D eigenvalue weighted by molar-refractivity contribution is 0.250. The SMILES string of the molecule is CCCn1cncc1CSCC(C)CO. The Morgan fingerprint density at radius 2 is 2.40 bits per heavy atom. The second-order valence-electron chi connectivity index (χ2n) is 3.88. The van der Waals surface area contributed by atoms with Crippen LogP contribution in [-0.4, -0.2) is 27.0 Å². The third kappa shape index (κ3) is 4.26. The van der Waals surface area contributed by atoms with E-state index in [9.17, 15) is 0 Å². The van der Waals surface area contributed by atoms with Gasteiger partial charge in [-0.1, -0.05) is 13.8 Å². The predicted molar refractivity (Wildman–Crippen MR) is 64.9 cm³/mol. The third-order valence-electron chi connectivity index (χ3n) is 2.23. The van der Waals surface area contributed by atoms with E-state index in [1.807, 2.05) is 24.3 Å². The van der Waals surface area contributed by atoms with Crippen molar-refractivity contribution >= 4 is 11.8 Å². The van der Waals surface area contributed by atoms with E-state index in [2.05, 4.69) is 23.4 Å². The Balaban J connectivity index is 2.33. The number of hydrogen-bond acceptors (Lipinski definition) is 3. The number of aliphatic hydroxyl groups is 1. The number of thioether (sulfide) groups is 1. The maximum absolute atomic E-state index is 8.90. The molecule has 0 aliphatic heterocycles. The first-order valence-electron chi connectivity index (χ1n) is 5.45. The van der Waals surface area contributed by atoms with Gasteiger partial charge in [0.1, 0.15) is 0 Å². The van der Waals surface area contributed by atoms with Crippen LogP contribution >= 0.6 is 11.8 Å². The summed E-state index contributed by atoms with van der Waals surface area (Å²) in [6.45, 7) is 5.56. The largest absolute Gasteiger partial charge is 0.396 e. The summed E-state index contributed by atoms with van der Waals surface area (Å²) in [5.41, 5.74) is 1.28. The summed E-state index contributed by atoms with van der Waals surface area (Å²) < 4.78 is 2.20. The van der Waals surface area contributed by atoms with Crippen molar-refractivity contribution in [3.8, 4) is 0 Å². The molecule has 4 heteroatoms. The van der Waals surface area contributed by atoms with Crippen molar-refractivity contribution in [1.29, 1.82) is 0 Å². The Bertz CT molecular complexity index is 275. The van der Waals surface area contributed by atoms with Gasteiger partial charge >= 0.3 is 0 Å². The zero-order valence-corrected chi connectivity index (χ0v) is 10.3. The number of imidazole rings is 1. The maximum atomic E-state index is 8.90. The molecule has 0 spiro atoms. The van der Waals surface area contributed by atoms with Gasteiger partial charge in [-0.2, -0.15) is 11.8 Å². The van der Waals surface area contributed by atoms with Gasteiger partial charge in [0.15, 0.2) is 0 Å². The van der Waals surface area contributed by atoms with Crippen molar-refractivity contribution in [2.45, 2.75) is 32.6 Å². The Morgan fingerprint density at radius 1 is 1.60 bits per heavy atom. The molecule has 0 fully saturated rings.